The standard InChI is InChI=1S/C13H10ClNO3S/c14-10-4-2-1-3-8(10)12(18)9-5-7(6-11(16)17)19-13(9)15/h1-5H,6,15H2,(H,16,17). The van der Waals surface area contributed by atoms with Crippen LogP contribution in [0.5, 0.6) is 0 Å². The van der Waals surface area contributed by atoms with Crippen molar-refractivity contribution in [2.45, 2.75) is 6.42 Å². The van der Waals surface area contributed by atoms with Gasteiger partial charge < -0.3 is 10.8 Å². The van der Waals surface area contributed by atoms with Crippen molar-refractivity contribution >= 4 is 39.7 Å². The van der Waals surface area contributed by atoms with Crippen LogP contribution < -0.4 is 5.73 Å². The van der Waals surface area contributed by atoms with Crippen molar-refractivity contribution in [1.82, 2.24) is 0 Å². The Hall–Kier alpha value is -1.85. The lowest BCUT2D eigenvalue weighted by Gasteiger charge is -2.01. The lowest BCUT2D eigenvalue weighted by Crippen LogP contribution is -2.03. The molecule has 0 spiro atoms. The third-order valence-corrected chi connectivity index (χ3v) is 3.79. The molecule has 6 heteroatoms. The Morgan fingerprint density at radius 3 is 2.58 bits per heavy atom. The van der Waals surface area contributed by atoms with E-state index in [1.165, 1.54) is 6.07 Å². The molecule has 0 amide bonds. The number of carbonyl (C=O) groups is 2. The molecule has 4 nitrogen and oxygen atoms in total. The Bertz CT molecular complexity index is 651. The molecule has 0 aliphatic carbocycles. The second kappa shape index (κ2) is 5.42. The predicted molar refractivity (Wildman–Crippen MR) is 75.0 cm³/mol. The van der Waals surface area contributed by atoms with Gasteiger partial charge in [-0.15, -0.1) is 11.3 Å². The third kappa shape index (κ3) is 2.94. The van der Waals surface area contributed by atoms with E-state index in [2.05, 4.69) is 0 Å². The van der Waals surface area contributed by atoms with E-state index in [4.69, 9.17) is 22.4 Å². The monoisotopic (exact) mass is 295 g/mol. The Morgan fingerprint density at radius 1 is 1.26 bits per heavy atom. The molecule has 19 heavy (non-hydrogen) atoms. The Labute approximate surface area is 118 Å². The second-order valence-electron chi connectivity index (χ2n) is 3.87. The summed E-state index contributed by atoms with van der Waals surface area (Å²) >= 11 is 7.06. The van der Waals surface area contributed by atoms with E-state index in [9.17, 15) is 9.59 Å². The van der Waals surface area contributed by atoms with Gasteiger partial charge in [0.25, 0.3) is 0 Å². The molecule has 1 aromatic carbocycles. The first-order valence-corrected chi connectivity index (χ1v) is 6.57. The molecule has 0 unspecified atom stereocenters. The lowest BCUT2D eigenvalue weighted by molar-refractivity contribution is -0.136. The van der Waals surface area contributed by atoms with E-state index in [0.717, 1.165) is 11.3 Å². The van der Waals surface area contributed by atoms with Crippen molar-refractivity contribution in [3.8, 4) is 0 Å². The summed E-state index contributed by atoms with van der Waals surface area (Å²) in [6.45, 7) is 0. The van der Waals surface area contributed by atoms with Crippen LogP contribution in [0.1, 0.15) is 20.8 Å². The number of anilines is 1. The number of carboxylic acids is 1. The number of carboxylic acid groups (broad SMARTS) is 1. The topological polar surface area (TPSA) is 80.4 Å². The van der Waals surface area contributed by atoms with Gasteiger partial charge in [-0.25, -0.2) is 0 Å². The van der Waals surface area contributed by atoms with Crippen LogP contribution in [0.4, 0.5) is 5.00 Å². The minimum absolute atomic E-state index is 0.148. The van der Waals surface area contributed by atoms with Crippen LogP contribution in [0, 0.1) is 0 Å². The smallest absolute Gasteiger partial charge is 0.308 e. The molecule has 0 fully saturated rings. The first-order valence-electron chi connectivity index (χ1n) is 5.38. The highest BCUT2D eigenvalue weighted by atomic mass is 35.5. The SMILES string of the molecule is Nc1sc(CC(=O)O)cc1C(=O)c1ccccc1Cl. The predicted octanol–water partition coefficient (Wildman–Crippen LogP) is 2.84. The fourth-order valence-corrected chi connectivity index (χ4v) is 2.80. The number of nitrogen functional groups attached to an aromatic ring is 1. The maximum Gasteiger partial charge on any atom is 0.308 e. The minimum atomic E-state index is -0.960. The van der Waals surface area contributed by atoms with Gasteiger partial charge in [0.05, 0.1) is 22.0 Å². The minimum Gasteiger partial charge on any atom is -0.481 e. The number of rotatable bonds is 4. The van der Waals surface area contributed by atoms with Gasteiger partial charge in [-0.3, -0.25) is 9.59 Å². The molecule has 0 radical (unpaired) electrons. The van der Waals surface area contributed by atoms with Gasteiger partial charge in [0.2, 0.25) is 0 Å². The molecule has 2 rings (SSSR count). The number of ketones is 1. The summed E-state index contributed by atoms with van der Waals surface area (Å²) in [6, 6.07) is 8.18. The average molecular weight is 296 g/mol. The summed E-state index contributed by atoms with van der Waals surface area (Å²) in [4.78, 5) is 23.5. The van der Waals surface area contributed by atoms with Crippen molar-refractivity contribution in [3.63, 3.8) is 0 Å². The molecule has 0 atom stereocenters. The van der Waals surface area contributed by atoms with Gasteiger partial charge >= 0.3 is 5.97 Å². The number of carbonyl (C=O) groups excluding carboxylic acids is 1. The van der Waals surface area contributed by atoms with Gasteiger partial charge in [0.1, 0.15) is 0 Å². The van der Waals surface area contributed by atoms with Crippen LogP contribution in [0.15, 0.2) is 30.3 Å². The summed E-state index contributed by atoms with van der Waals surface area (Å²) in [5.74, 6) is -1.26. The third-order valence-electron chi connectivity index (χ3n) is 2.50. The van der Waals surface area contributed by atoms with E-state index in [1.54, 1.807) is 24.3 Å². The molecular formula is C13H10ClNO3S. The molecule has 2 aromatic rings. The first kappa shape index (κ1) is 13.6. The van der Waals surface area contributed by atoms with Gasteiger partial charge in [0.15, 0.2) is 5.78 Å². The lowest BCUT2D eigenvalue weighted by atomic mass is 10.0. The van der Waals surface area contributed by atoms with Crippen molar-refractivity contribution in [2.75, 3.05) is 5.73 Å². The summed E-state index contributed by atoms with van der Waals surface area (Å²) in [5.41, 5.74) is 6.42. The van der Waals surface area contributed by atoms with Crippen molar-refractivity contribution in [3.05, 3.63) is 51.4 Å². The number of hydrogen-bond donors (Lipinski definition) is 2. The van der Waals surface area contributed by atoms with E-state index in [-0.39, 0.29) is 12.2 Å². The van der Waals surface area contributed by atoms with E-state index < -0.39 is 5.97 Å². The Balaban J connectivity index is 2.37. The zero-order valence-electron chi connectivity index (χ0n) is 9.72. The van der Waals surface area contributed by atoms with Crippen molar-refractivity contribution < 1.29 is 14.7 Å². The van der Waals surface area contributed by atoms with Crippen LogP contribution in [-0.4, -0.2) is 16.9 Å². The number of aliphatic carboxylic acids is 1. The van der Waals surface area contributed by atoms with Crippen LogP contribution in [-0.2, 0) is 11.2 Å². The number of thiophene rings is 1. The molecular weight excluding hydrogens is 286 g/mol. The molecule has 1 aromatic heterocycles. The summed E-state index contributed by atoms with van der Waals surface area (Å²) in [6.07, 6.45) is -0.148. The van der Waals surface area contributed by atoms with E-state index >= 15 is 0 Å². The molecule has 0 saturated heterocycles. The summed E-state index contributed by atoms with van der Waals surface area (Å²) < 4.78 is 0. The van der Waals surface area contributed by atoms with E-state index in [0.29, 0.717) is 26.0 Å². The Kier molecular flexibility index (Phi) is 3.87. The molecule has 98 valence electrons. The average Bonchev–Trinajstić information content (AvgIpc) is 2.69. The van der Waals surface area contributed by atoms with Crippen molar-refractivity contribution in [1.29, 1.82) is 0 Å². The quantitative estimate of drug-likeness (QED) is 0.850. The first-order chi connectivity index (χ1) is 8.99. The summed E-state index contributed by atoms with van der Waals surface area (Å²) in [7, 11) is 0. The van der Waals surface area contributed by atoms with Gasteiger partial charge in [-0.1, -0.05) is 23.7 Å². The largest absolute Gasteiger partial charge is 0.481 e. The fourth-order valence-electron chi connectivity index (χ4n) is 1.66. The zero-order chi connectivity index (χ0) is 14.0. The van der Waals surface area contributed by atoms with Gasteiger partial charge in [0, 0.05) is 10.4 Å². The summed E-state index contributed by atoms with van der Waals surface area (Å²) in [5, 5.41) is 9.38. The number of hydrogen-bond acceptors (Lipinski definition) is 4. The zero-order valence-corrected chi connectivity index (χ0v) is 11.3. The molecule has 1 heterocycles. The molecule has 0 saturated carbocycles. The normalized spacial score (nSPS) is 10.4. The highest BCUT2D eigenvalue weighted by Crippen LogP contribution is 2.29. The molecule has 3 N–H and O–H groups in total. The maximum absolute atomic E-state index is 12.3. The number of benzene rings is 1. The molecule has 0 aliphatic rings. The van der Waals surface area contributed by atoms with E-state index in [1.807, 2.05) is 0 Å². The number of nitrogens with two attached hydrogens (primary N) is 1. The van der Waals surface area contributed by atoms with Crippen LogP contribution in [0.2, 0.25) is 5.02 Å². The second-order valence-corrected chi connectivity index (χ2v) is 5.45. The van der Waals surface area contributed by atoms with Crippen molar-refractivity contribution in [2.24, 2.45) is 0 Å². The fraction of sp³-hybridized carbons (Fsp3) is 0.0769. The molecule has 0 bridgehead atoms. The highest BCUT2D eigenvalue weighted by Gasteiger charge is 2.18. The number of halogens is 1. The van der Waals surface area contributed by atoms with Crippen LogP contribution in [0.3, 0.4) is 0 Å². The van der Waals surface area contributed by atoms with Crippen LogP contribution in [0.25, 0.3) is 0 Å². The molecule has 0 aliphatic heterocycles. The van der Waals surface area contributed by atoms with Crippen LogP contribution >= 0.6 is 22.9 Å². The van der Waals surface area contributed by atoms with Gasteiger partial charge in [-0.2, -0.15) is 0 Å². The van der Waals surface area contributed by atoms with Gasteiger partial charge in [-0.05, 0) is 18.2 Å². The Morgan fingerprint density at radius 2 is 1.95 bits per heavy atom. The maximum atomic E-state index is 12.3. The highest BCUT2D eigenvalue weighted by molar-refractivity contribution is 7.16.